The van der Waals surface area contributed by atoms with Crippen LogP contribution in [0.3, 0.4) is 0 Å². The van der Waals surface area contributed by atoms with Crippen LogP contribution in [0.1, 0.15) is 39.3 Å². The third-order valence-electron chi connectivity index (χ3n) is 4.17. The summed E-state index contributed by atoms with van der Waals surface area (Å²) in [7, 11) is 0. The molecule has 6 nitrogen and oxygen atoms in total. The lowest BCUT2D eigenvalue weighted by atomic mass is 9.81. The minimum atomic E-state index is -0.0867. The van der Waals surface area contributed by atoms with Gasteiger partial charge in [-0.15, -0.1) is 36.2 Å². The van der Waals surface area contributed by atoms with E-state index < -0.39 is 0 Å². The maximum absolute atomic E-state index is 12.1. The molecule has 2 rings (SSSR count). The number of halogens is 2. The molecule has 9 heteroatoms. The van der Waals surface area contributed by atoms with Crippen molar-refractivity contribution in [3.63, 3.8) is 0 Å². The van der Waals surface area contributed by atoms with Crippen LogP contribution in [-0.2, 0) is 16.0 Å². The van der Waals surface area contributed by atoms with Crippen LogP contribution in [-0.4, -0.2) is 36.4 Å². The largest absolute Gasteiger partial charge is 0.355 e. The zero-order chi connectivity index (χ0) is 16.9. The van der Waals surface area contributed by atoms with Crippen molar-refractivity contribution in [1.29, 1.82) is 0 Å². The Labute approximate surface area is 165 Å². The fraction of sp³-hybridized carbons (Fsp3) is 0.688. The maximum atomic E-state index is 12.1. The number of aromatic nitrogens is 1. The predicted molar refractivity (Wildman–Crippen MR) is 107 cm³/mol. The maximum Gasteiger partial charge on any atom is 0.228 e. The van der Waals surface area contributed by atoms with Crippen LogP contribution in [0, 0.1) is 11.3 Å². The van der Waals surface area contributed by atoms with Crippen molar-refractivity contribution in [2.75, 3.05) is 25.0 Å². The van der Waals surface area contributed by atoms with Crippen LogP contribution in [0.25, 0.3) is 0 Å². The second kappa shape index (κ2) is 11.0. The van der Waals surface area contributed by atoms with Gasteiger partial charge in [0.1, 0.15) is 0 Å². The van der Waals surface area contributed by atoms with E-state index in [2.05, 4.69) is 27.9 Å². The van der Waals surface area contributed by atoms with Gasteiger partial charge < -0.3 is 16.0 Å². The molecule has 1 aromatic heterocycles. The third kappa shape index (κ3) is 7.90. The normalized spacial score (nSPS) is 15.7. The topological polar surface area (TPSA) is 83.1 Å². The molecule has 0 saturated carbocycles. The Morgan fingerprint density at radius 2 is 1.96 bits per heavy atom. The Hall–Kier alpha value is -0.890. The molecule has 0 atom stereocenters. The molecule has 1 saturated heterocycles. The quantitative estimate of drug-likeness (QED) is 0.672. The number of rotatable bonds is 6. The summed E-state index contributed by atoms with van der Waals surface area (Å²) in [6, 6.07) is 0. The summed E-state index contributed by atoms with van der Waals surface area (Å²) in [4.78, 5) is 28.0. The van der Waals surface area contributed by atoms with Gasteiger partial charge in [-0.1, -0.05) is 20.8 Å². The summed E-state index contributed by atoms with van der Waals surface area (Å²) in [6.45, 7) is 8.61. The number of thiazole rings is 1. The predicted octanol–water partition coefficient (Wildman–Crippen LogP) is 2.63. The van der Waals surface area contributed by atoms with Gasteiger partial charge in [0.05, 0.1) is 12.1 Å². The Morgan fingerprint density at radius 1 is 1.32 bits per heavy atom. The number of amides is 2. The van der Waals surface area contributed by atoms with Crippen molar-refractivity contribution < 1.29 is 9.59 Å². The van der Waals surface area contributed by atoms with Crippen LogP contribution in [0.5, 0.6) is 0 Å². The molecule has 0 aromatic carbocycles. The molecular formula is C16H28Cl2N4O2S. The van der Waals surface area contributed by atoms with E-state index in [0.717, 1.165) is 25.9 Å². The summed E-state index contributed by atoms with van der Waals surface area (Å²) in [5.74, 6) is -0.164. The second-order valence-corrected chi connectivity index (χ2v) is 7.66. The fourth-order valence-corrected chi connectivity index (χ4v) is 3.15. The molecule has 1 aliphatic rings. The standard InChI is InChI=1S/C16H26N4O2S.2ClH/c1-11(2)14(22)20-15-19-12(9-23-15)8-13(21)18-10-16(3)4-6-17-7-5-16;;/h9,11,17H,4-8,10H2,1-3H3,(H,18,21)(H,19,20,22);2*1H. The van der Waals surface area contributed by atoms with Gasteiger partial charge in [0, 0.05) is 17.8 Å². The number of hydrogen-bond acceptors (Lipinski definition) is 5. The molecular weight excluding hydrogens is 383 g/mol. The molecule has 144 valence electrons. The van der Waals surface area contributed by atoms with Gasteiger partial charge >= 0.3 is 0 Å². The second-order valence-electron chi connectivity index (χ2n) is 6.80. The smallest absolute Gasteiger partial charge is 0.228 e. The molecule has 0 bridgehead atoms. The minimum Gasteiger partial charge on any atom is -0.355 e. The zero-order valence-corrected chi connectivity index (χ0v) is 17.3. The van der Waals surface area contributed by atoms with E-state index in [4.69, 9.17) is 0 Å². The van der Waals surface area contributed by atoms with Crippen molar-refractivity contribution in [2.24, 2.45) is 11.3 Å². The number of carbonyl (C=O) groups excluding carboxylic acids is 2. The summed E-state index contributed by atoms with van der Waals surface area (Å²) >= 11 is 1.35. The number of nitrogens with one attached hydrogen (secondary N) is 3. The molecule has 1 aromatic rings. The Bertz CT molecular complexity index is 560. The van der Waals surface area contributed by atoms with E-state index in [1.807, 2.05) is 19.2 Å². The Balaban J connectivity index is 0.00000288. The molecule has 3 N–H and O–H groups in total. The first kappa shape index (κ1) is 24.1. The van der Waals surface area contributed by atoms with Crippen molar-refractivity contribution >= 4 is 53.1 Å². The molecule has 25 heavy (non-hydrogen) atoms. The van der Waals surface area contributed by atoms with Gasteiger partial charge in [-0.2, -0.15) is 0 Å². The van der Waals surface area contributed by atoms with Crippen LogP contribution < -0.4 is 16.0 Å². The van der Waals surface area contributed by atoms with Crippen molar-refractivity contribution in [3.05, 3.63) is 11.1 Å². The number of piperidine rings is 1. The molecule has 1 fully saturated rings. The lowest BCUT2D eigenvalue weighted by Crippen LogP contribution is -2.43. The van der Waals surface area contributed by atoms with Crippen LogP contribution in [0.15, 0.2) is 5.38 Å². The number of hydrogen-bond donors (Lipinski definition) is 3. The minimum absolute atomic E-state index is 0. The molecule has 0 radical (unpaired) electrons. The molecule has 2 heterocycles. The third-order valence-corrected chi connectivity index (χ3v) is 4.98. The van der Waals surface area contributed by atoms with Gasteiger partial charge in [-0.05, 0) is 31.3 Å². The van der Waals surface area contributed by atoms with Gasteiger partial charge in [-0.25, -0.2) is 4.98 Å². The number of carbonyl (C=O) groups is 2. The summed E-state index contributed by atoms with van der Waals surface area (Å²) in [5.41, 5.74) is 0.876. The summed E-state index contributed by atoms with van der Waals surface area (Å²) in [5, 5.41) is 11.5. The Kier molecular flexibility index (Phi) is 10.6. The van der Waals surface area contributed by atoms with Crippen molar-refractivity contribution in [3.8, 4) is 0 Å². The number of nitrogens with zero attached hydrogens (tertiary/aromatic N) is 1. The lowest BCUT2D eigenvalue weighted by Gasteiger charge is -2.34. The first-order valence-electron chi connectivity index (χ1n) is 8.11. The van der Waals surface area contributed by atoms with E-state index in [9.17, 15) is 9.59 Å². The van der Waals surface area contributed by atoms with E-state index in [1.165, 1.54) is 11.3 Å². The highest BCUT2D eigenvalue weighted by Gasteiger charge is 2.27. The first-order valence-corrected chi connectivity index (χ1v) is 8.99. The molecule has 0 aliphatic carbocycles. The number of anilines is 1. The monoisotopic (exact) mass is 410 g/mol. The zero-order valence-electron chi connectivity index (χ0n) is 14.9. The average molecular weight is 411 g/mol. The van der Waals surface area contributed by atoms with Gasteiger partial charge in [0.2, 0.25) is 11.8 Å². The fourth-order valence-electron chi connectivity index (χ4n) is 2.44. The molecule has 2 amide bonds. The highest BCUT2D eigenvalue weighted by atomic mass is 35.5. The molecule has 0 unspecified atom stereocenters. The first-order chi connectivity index (χ1) is 10.9. The van der Waals surface area contributed by atoms with Crippen LogP contribution >= 0.6 is 36.2 Å². The van der Waals surface area contributed by atoms with Gasteiger partial charge in [0.15, 0.2) is 5.13 Å². The highest BCUT2D eigenvalue weighted by molar-refractivity contribution is 7.13. The van der Waals surface area contributed by atoms with E-state index in [-0.39, 0.29) is 54.4 Å². The SMILES string of the molecule is CC(C)C(=O)Nc1nc(CC(=O)NCC2(C)CCNCC2)cs1.Cl.Cl. The van der Waals surface area contributed by atoms with Crippen LogP contribution in [0.2, 0.25) is 0 Å². The Morgan fingerprint density at radius 3 is 2.56 bits per heavy atom. The lowest BCUT2D eigenvalue weighted by molar-refractivity contribution is -0.121. The molecule has 1 aliphatic heterocycles. The van der Waals surface area contributed by atoms with E-state index in [0.29, 0.717) is 17.4 Å². The summed E-state index contributed by atoms with van der Waals surface area (Å²) < 4.78 is 0. The summed E-state index contributed by atoms with van der Waals surface area (Å²) in [6.07, 6.45) is 2.41. The van der Waals surface area contributed by atoms with Gasteiger partial charge in [-0.3, -0.25) is 9.59 Å². The van der Waals surface area contributed by atoms with Crippen molar-refractivity contribution in [1.82, 2.24) is 15.6 Å². The van der Waals surface area contributed by atoms with Crippen molar-refractivity contribution in [2.45, 2.75) is 40.0 Å². The highest BCUT2D eigenvalue weighted by Crippen LogP contribution is 2.26. The van der Waals surface area contributed by atoms with E-state index in [1.54, 1.807) is 0 Å². The average Bonchev–Trinajstić information content (AvgIpc) is 2.93. The molecule has 0 spiro atoms. The van der Waals surface area contributed by atoms with Gasteiger partial charge in [0.25, 0.3) is 0 Å². The van der Waals surface area contributed by atoms with E-state index >= 15 is 0 Å². The van der Waals surface area contributed by atoms with Crippen LogP contribution in [0.4, 0.5) is 5.13 Å².